The summed E-state index contributed by atoms with van der Waals surface area (Å²) in [6.45, 7) is 14.3. The SMILES string of the molecule is CCC(C)CCCCCCCCCCCCCCCCC(=O)O[C@H](COC(=O)CCCCCCCCCCCCCCCCCCC(C)C)COP(=O)(O)OCC(O)COP(=O)(O)OC[C@@H](COC(=O)CCCCCCCCCC(C)C)OC(=O)CCCCCCCCCCCCC(C)C. The van der Waals surface area contributed by atoms with Gasteiger partial charge in [-0.05, 0) is 49.4 Å². The van der Waals surface area contributed by atoms with Gasteiger partial charge in [0.05, 0.1) is 26.4 Å². The molecule has 3 N–H and O–H groups in total. The van der Waals surface area contributed by atoms with Crippen molar-refractivity contribution < 1.29 is 80.2 Å². The topological polar surface area (TPSA) is 237 Å². The molecule has 4 unspecified atom stereocenters. The molecule has 17 nitrogen and oxygen atoms in total. The zero-order valence-electron chi connectivity index (χ0n) is 65.8. The molecule has 0 aliphatic rings. The van der Waals surface area contributed by atoms with Crippen LogP contribution in [0.25, 0.3) is 0 Å². The highest BCUT2D eigenvalue weighted by molar-refractivity contribution is 7.47. The fourth-order valence-electron chi connectivity index (χ4n) is 12.4. The van der Waals surface area contributed by atoms with Gasteiger partial charge in [0.15, 0.2) is 12.2 Å². The van der Waals surface area contributed by atoms with E-state index in [1.807, 2.05) is 0 Å². The first-order valence-electron chi connectivity index (χ1n) is 41.7. The Bertz CT molecular complexity index is 1960. The van der Waals surface area contributed by atoms with E-state index in [1.54, 1.807) is 0 Å². The van der Waals surface area contributed by atoms with Crippen LogP contribution in [0.15, 0.2) is 0 Å². The molecule has 100 heavy (non-hydrogen) atoms. The molecule has 0 fully saturated rings. The number of carbonyl (C=O) groups is 4. The molecule has 594 valence electrons. The van der Waals surface area contributed by atoms with Gasteiger partial charge in [0.1, 0.15) is 19.3 Å². The quantitative estimate of drug-likeness (QED) is 0.0222. The van der Waals surface area contributed by atoms with Gasteiger partial charge in [-0.25, -0.2) is 9.13 Å². The number of carbonyl (C=O) groups excluding carboxylic acids is 4. The number of aliphatic hydroxyl groups excluding tert-OH is 1. The zero-order valence-corrected chi connectivity index (χ0v) is 67.6. The van der Waals surface area contributed by atoms with E-state index in [-0.39, 0.29) is 25.7 Å². The second-order valence-electron chi connectivity index (χ2n) is 30.8. The molecular weight excluding hydrogens is 1310 g/mol. The lowest BCUT2D eigenvalue weighted by Crippen LogP contribution is -2.30. The molecule has 0 aliphatic heterocycles. The van der Waals surface area contributed by atoms with Crippen molar-refractivity contribution in [2.24, 2.45) is 23.7 Å². The molecular formula is C81H158O17P2. The molecule has 0 bridgehead atoms. The van der Waals surface area contributed by atoms with Crippen molar-refractivity contribution in [3.63, 3.8) is 0 Å². The van der Waals surface area contributed by atoms with Crippen LogP contribution in [-0.4, -0.2) is 96.7 Å². The van der Waals surface area contributed by atoms with E-state index in [1.165, 1.54) is 212 Å². The van der Waals surface area contributed by atoms with Gasteiger partial charge in [-0.3, -0.25) is 37.3 Å². The summed E-state index contributed by atoms with van der Waals surface area (Å²) < 4.78 is 68.7. The first-order valence-corrected chi connectivity index (χ1v) is 44.7. The maximum atomic E-state index is 13.1. The largest absolute Gasteiger partial charge is 0.472 e. The Morgan fingerprint density at radius 1 is 0.280 bits per heavy atom. The van der Waals surface area contributed by atoms with Crippen molar-refractivity contribution >= 4 is 39.5 Å². The first kappa shape index (κ1) is 98.1. The molecule has 0 spiro atoms. The third kappa shape index (κ3) is 73.0. The third-order valence-electron chi connectivity index (χ3n) is 19.2. The predicted molar refractivity (Wildman–Crippen MR) is 409 cm³/mol. The number of phosphoric acid groups is 2. The van der Waals surface area contributed by atoms with E-state index in [0.29, 0.717) is 31.6 Å². The first-order chi connectivity index (χ1) is 48.1. The highest BCUT2D eigenvalue weighted by Crippen LogP contribution is 2.45. The van der Waals surface area contributed by atoms with Crippen molar-refractivity contribution in [3.8, 4) is 0 Å². The van der Waals surface area contributed by atoms with Crippen molar-refractivity contribution in [1.29, 1.82) is 0 Å². The van der Waals surface area contributed by atoms with Crippen LogP contribution in [0.5, 0.6) is 0 Å². The number of ether oxygens (including phenoxy) is 4. The molecule has 0 aromatic heterocycles. The summed E-state index contributed by atoms with van der Waals surface area (Å²) in [4.78, 5) is 73.0. The van der Waals surface area contributed by atoms with Crippen LogP contribution in [0.2, 0.25) is 0 Å². The molecule has 0 saturated carbocycles. The van der Waals surface area contributed by atoms with Gasteiger partial charge in [-0.2, -0.15) is 0 Å². The summed E-state index contributed by atoms with van der Waals surface area (Å²) in [5.74, 6) is 1.00. The van der Waals surface area contributed by atoms with Gasteiger partial charge in [-0.15, -0.1) is 0 Å². The Hall–Kier alpha value is -1.94. The Morgan fingerprint density at radius 3 is 0.710 bits per heavy atom. The van der Waals surface area contributed by atoms with E-state index in [2.05, 4.69) is 55.4 Å². The molecule has 19 heteroatoms. The average Bonchev–Trinajstić information content (AvgIpc) is 0.927. The monoisotopic (exact) mass is 1470 g/mol. The third-order valence-corrected chi connectivity index (χ3v) is 21.1. The summed E-state index contributed by atoms with van der Waals surface area (Å²) >= 11 is 0. The molecule has 0 amide bonds. The van der Waals surface area contributed by atoms with E-state index in [4.69, 9.17) is 37.0 Å². The van der Waals surface area contributed by atoms with E-state index < -0.39 is 97.5 Å². The standard InChI is InChI=1S/C81H158O17P2/c1-9-74(8)60-52-44-36-28-21-17-14-15-19-23-30-38-47-55-63-80(85)97-76(67-91-78(83)61-53-45-37-29-22-18-13-11-10-12-16-20-26-33-41-49-57-71(2)3)69-95-99(87,88)93-65-75(82)66-94-100(89,90)96-70-77(68-92-79(84)62-54-46-40-32-35-43-51-59-73(6)7)98-81(86)64-56-48-39-31-25-24-27-34-42-50-58-72(4)5/h71-77,82H,9-70H2,1-8H3,(H,87,88)(H,89,90)/t74?,75?,76-,77-/m1/s1. The minimum absolute atomic E-state index is 0.105. The summed E-state index contributed by atoms with van der Waals surface area (Å²) in [5, 5.41) is 10.6. The lowest BCUT2D eigenvalue weighted by molar-refractivity contribution is -0.161. The number of aliphatic hydroxyl groups is 1. The van der Waals surface area contributed by atoms with Gasteiger partial charge in [-0.1, -0.05) is 364 Å². The molecule has 0 aliphatic carbocycles. The van der Waals surface area contributed by atoms with Crippen LogP contribution in [-0.2, 0) is 65.4 Å². The predicted octanol–water partition coefficient (Wildman–Crippen LogP) is 24.0. The lowest BCUT2D eigenvalue weighted by atomic mass is 9.99. The normalized spacial score (nSPS) is 14.3. The Labute approximate surface area is 613 Å². The van der Waals surface area contributed by atoms with Crippen LogP contribution in [0.1, 0.15) is 415 Å². The number of esters is 4. The summed E-state index contributed by atoms with van der Waals surface area (Å²) in [6, 6.07) is 0. The highest BCUT2D eigenvalue weighted by Gasteiger charge is 2.30. The van der Waals surface area contributed by atoms with Crippen molar-refractivity contribution in [1.82, 2.24) is 0 Å². The Kier molecular flexibility index (Phi) is 68.7. The number of phosphoric ester groups is 2. The number of hydrogen-bond acceptors (Lipinski definition) is 15. The summed E-state index contributed by atoms with van der Waals surface area (Å²) in [7, 11) is -9.92. The van der Waals surface area contributed by atoms with Gasteiger partial charge in [0.25, 0.3) is 0 Å². The minimum atomic E-state index is -4.96. The van der Waals surface area contributed by atoms with Crippen LogP contribution in [0, 0.1) is 23.7 Å². The number of rotatable bonds is 78. The fraction of sp³-hybridized carbons (Fsp3) is 0.951. The smallest absolute Gasteiger partial charge is 0.462 e. The Balaban J connectivity index is 5.24. The molecule has 0 rings (SSSR count). The van der Waals surface area contributed by atoms with Gasteiger partial charge >= 0.3 is 39.5 Å². The molecule has 6 atom stereocenters. The molecule has 0 aromatic rings. The molecule has 0 heterocycles. The van der Waals surface area contributed by atoms with Crippen LogP contribution in [0.3, 0.4) is 0 Å². The second kappa shape index (κ2) is 70.1. The van der Waals surface area contributed by atoms with Gasteiger partial charge < -0.3 is 33.8 Å². The van der Waals surface area contributed by atoms with E-state index >= 15 is 0 Å². The Morgan fingerprint density at radius 2 is 0.480 bits per heavy atom. The summed E-state index contributed by atoms with van der Waals surface area (Å²) in [5.41, 5.74) is 0. The maximum absolute atomic E-state index is 13.1. The van der Waals surface area contributed by atoms with E-state index in [0.717, 1.165) is 114 Å². The van der Waals surface area contributed by atoms with Crippen molar-refractivity contribution in [2.75, 3.05) is 39.6 Å². The van der Waals surface area contributed by atoms with Gasteiger partial charge in [0.2, 0.25) is 0 Å². The molecule has 0 aromatic carbocycles. The van der Waals surface area contributed by atoms with Crippen molar-refractivity contribution in [3.05, 3.63) is 0 Å². The minimum Gasteiger partial charge on any atom is -0.462 e. The fourth-order valence-corrected chi connectivity index (χ4v) is 14.0. The number of hydrogen-bond donors (Lipinski definition) is 3. The van der Waals surface area contributed by atoms with Crippen LogP contribution >= 0.6 is 15.6 Å². The highest BCUT2D eigenvalue weighted by atomic mass is 31.2. The molecule has 0 radical (unpaired) electrons. The van der Waals surface area contributed by atoms with Crippen LogP contribution < -0.4 is 0 Å². The zero-order chi connectivity index (χ0) is 73.8. The molecule has 0 saturated heterocycles. The number of unbranched alkanes of at least 4 members (excludes halogenated alkanes) is 43. The maximum Gasteiger partial charge on any atom is 0.472 e. The lowest BCUT2D eigenvalue weighted by Gasteiger charge is -2.21. The van der Waals surface area contributed by atoms with Gasteiger partial charge in [0, 0.05) is 25.7 Å². The summed E-state index contributed by atoms with van der Waals surface area (Å²) in [6.07, 6.45) is 56.9. The van der Waals surface area contributed by atoms with Crippen LogP contribution in [0.4, 0.5) is 0 Å². The van der Waals surface area contributed by atoms with E-state index in [9.17, 15) is 43.2 Å². The average molecular weight is 1470 g/mol. The van der Waals surface area contributed by atoms with Crippen molar-refractivity contribution in [2.45, 2.75) is 433 Å². The second-order valence-corrected chi connectivity index (χ2v) is 33.7.